The van der Waals surface area contributed by atoms with Crippen molar-refractivity contribution >= 4 is 5.97 Å². The van der Waals surface area contributed by atoms with Crippen molar-refractivity contribution in [3.63, 3.8) is 0 Å². The standard InChI is InChI=1S/C10H13NO4/c1-14-8-5-6-11-10(15-2)7(8)3-4-9(12)13/h5-6H,3-4H2,1-2H3,(H,12,13). The highest BCUT2D eigenvalue weighted by molar-refractivity contribution is 5.67. The zero-order valence-electron chi connectivity index (χ0n) is 8.69. The monoisotopic (exact) mass is 211 g/mol. The lowest BCUT2D eigenvalue weighted by Gasteiger charge is -2.10. The van der Waals surface area contributed by atoms with Crippen LogP contribution in [0.1, 0.15) is 12.0 Å². The van der Waals surface area contributed by atoms with Gasteiger partial charge >= 0.3 is 5.97 Å². The van der Waals surface area contributed by atoms with Crippen LogP contribution in [0, 0.1) is 0 Å². The Bertz CT molecular complexity index is 329. The van der Waals surface area contributed by atoms with Crippen molar-refractivity contribution in [2.75, 3.05) is 14.2 Å². The zero-order chi connectivity index (χ0) is 11.3. The Kier molecular flexibility index (Phi) is 3.91. The number of carboxylic acid groups (broad SMARTS) is 1. The molecule has 5 nitrogen and oxygen atoms in total. The smallest absolute Gasteiger partial charge is 0.303 e. The lowest BCUT2D eigenvalue weighted by molar-refractivity contribution is -0.136. The Morgan fingerprint density at radius 1 is 1.47 bits per heavy atom. The number of rotatable bonds is 5. The largest absolute Gasteiger partial charge is 0.496 e. The van der Waals surface area contributed by atoms with E-state index in [1.54, 1.807) is 12.3 Å². The molecular weight excluding hydrogens is 198 g/mol. The van der Waals surface area contributed by atoms with Crippen molar-refractivity contribution in [2.45, 2.75) is 12.8 Å². The number of nitrogens with zero attached hydrogens (tertiary/aromatic N) is 1. The minimum atomic E-state index is -0.858. The van der Waals surface area contributed by atoms with E-state index in [0.29, 0.717) is 23.6 Å². The molecule has 0 atom stereocenters. The fourth-order valence-electron chi connectivity index (χ4n) is 1.29. The van der Waals surface area contributed by atoms with Crippen molar-refractivity contribution in [1.29, 1.82) is 0 Å². The molecule has 0 spiro atoms. The normalized spacial score (nSPS) is 9.73. The summed E-state index contributed by atoms with van der Waals surface area (Å²) in [5.74, 6) is 0.154. The predicted molar refractivity (Wildman–Crippen MR) is 53.3 cm³/mol. The van der Waals surface area contributed by atoms with Crippen LogP contribution in [0.25, 0.3) is 0 Å². The fourth-order valence-corrected chi connectivity index (χ4v) is 1.29. The Labute approximate surface area is 87.7 Å². The van der Waals surface area contributed by atoms with Crippen LogP contribution in [0.5, 0.6) is 11.6 Å². The number of pyridine rings is 1. The van der Waals surface area contributed by atoms with Crippen LogP contribution >= 0.6 is 0 Å². The quantitative estimate of drug-likeness (QED) is 0.790. The van der Waals surface area contributed by atoms with Gasteiger partial charge in [-0.05, 0) is 12.5 Å². The van der Waals surface area contributed by atoms with E-state index in [0.717, 1.165) is 0 Å². The van der Waals surface area contributed by atoms with Gasteiger partial charge in [0.1, 0.15) is 5.75 Å². The van der Waals surface area contributed by atoms with Crippen LogP contribution in [0.15, 0.2) is 12.3 Å². The molecule has 0 aliphatic carbocycles. The Morgan fingerprint density at radius 2 is 2.20 bits per heavy atom. The summed E-state index contributed by atoms with van der Waals surface area (Å²) in [6.07, 6.45) is 1.93. The highest BCUT2D eigenvalue weighted by atomic mass is 16.5. The molecule has 0 aromatic carbocycles. The van der Waals surface area contributed by atoms with Gasteiger partial charge in [0.25, 0.3) is 0 Å². The first kappa shape index (κ1) is 11.3. The molecule has 0 unspecified atom stereocenters. The maximum absolute atomic E-state index is 10.5. The molecule has 1 aromatic rings. The molecule has 82 valence electrons. The molecule has 0 saturated heterocycles. The minimum absolute atomic E-state index is 0.0262. The average molecular weight is 211 g/mol. The van der Waals surface area contributed by atoms with E-state index in [2.05, 4.69) is 4.98 Å². The maximum atomic E-state index is 10.5. The number of carboxylic acids is 1. The highest BCUT2D eigenvalue weighted by Gasteiger charge is 2.12. The van der Waals surface area contributed by atoms with E-state index >= 15 is 0 Å². The molecule has 1 aromatic heterocycles. The summed E-state index contributed by atoms with van der Waals surface area (Å²) in [6.45, 7) is 0. The lowest BCUT2D eigenvalue weighted by Crippen LogP contribution is -2.03. The molecule has 0 fully saturated rings. The van der Waals surface area contributed by atoms with E-state index in [-0.39, 0.29) is 6.42 Å². The summed E-state index contributed by atoms with van der Waals surface area (Å²) in [5.41, 5.74) is 0.685. The van der Waals surface area contributed by atoms with Gasteiger partial charge in [-0.25, -0.2) is 4.98 Å². The van der Waals surface area contributed by atoms with Crippen LogP contribution < -0.4 is 9.47 Å². The molecule has 0 saturated carbocycles. The number of aromatic nitrogens is 1. The summed E-state index contributed by atoms with van der Waals surface area (Å²) in [4.78, 5) is 14.5. The van der Waals surface area contributed by atoms with Gasteiger partial charge in [-0.15, -0.1) is 0 Å². The molecular formula is C10H13NO4. The molecule has 1 rings (SSSR count). The van der Waals surface area contributed by atoms with E-state index in [9.17, 15) is 4.79 Å². The second-order valence-corrected chi connectivity index (χ2v) is 2.89. The van der Waals surface area contributed by atoms with Crippen LogP contribution in [0.4, 0.5) is 0 Å². The second kappa shape index (κ2) is 5.19. The second-order valence-electron chi connectivity index (χ2n) is 2.89. The van der Waals surface area contributed by atoms with E-state index < -0.39 is 5.97 Å². The third kappa shape index (κ3) is 2.83. The average Bonchev–Trinajstić information content (AvgIpc) is 2.25. The van der Waals surface area contributed by atoms with Gasteiger partial charge in [0.05, 0.1) is 19.8 Å². The van der Waals surface area contributed by atoms with Gasteiger partial charge in [0.2, 0.25) is 5.88 Å². The topological polar surface area (TPSA) is 68.7 Å². The van der Waals surface area contributed by atoms with E-state index in [1.807, 2.05) is 0 Å². The summed E-state index contributed by atoms with van der Waals surface area (Å²) in [7, 11) is 3.02. The van der Waals surface area contributed by atoms with Crippen molar-refractivity contribution in [1.82, 2.24) is 4.98 Å². The van der Waals surface area contributed by atoms with Gasteiger partial charge in [-0.3, -0.25) is 4.79 Å². The van der Waals surface area contributed by atoms with Crippen LogP contribution in [-0.2, 0) is 11.2 Å². The highest BCUT2D eigenvalue weighted by Crippen LogP contribution is 2.26. The van der Waals surface area contributed by atoms with Crippen molar-refractivity contribution < 1.29 is 19.4 Å². The van der Waals surface area contributed by atoms with Gasteiger partial charge < -0.3 is 14.6 Å². The van der Waals surface area contributed by atoms with Gasteiger partial charge in [0, 0.05) is 12.6 Å². The first-order chi connectivity index (χ1) is 7.19. The number of carbonyl (C=O) groups is 1. The lowest BCUT2D eigenvalue weighted by atomic mass is 10.1. The summed E-state index contributed by atoms with van der Waals surface area (Å²) in [5, 5.41) is 8.60. The Balaban J connectivity index is 2.94. The number of hydrogen-bond donors (Lipinski definition) is 1. The van der Waals surface area contributed by atoms with Gasteiger partial charge in [-0.2, -0.15) is 0 Å². The Morgan fingerprint density at radius 3 is 2.73 bits per heavy atom. The molecule has 0 amide bonds. The first-order valence-electron chi connectivity index (χ1n) is 4.46. The summed E-state index contributed by atoms with van der Waals surface area (Å²) in [6, 6.07) is 1.68. The van der Waals surface area contributed by atoms with E-state index in [4.69, 9.17) is 14.6 Å². The van der Waals surface area contributed by atoms with E-state index in [1.165, 1.54) is 14.2 Å². The number of ether oxygens (including phenoxy) is 2. The summed E-state index contributed by atoms with van der Waals surface area (Å²) >= 11 is 0. The minimum Gasteiger partial charge on any atom is -0.496 e. The maximum Gasteiger partial charge on any atom is 0.303 e. The third-order valence-corrected chi connectivity index (χ3v) is 1.98. The van der Waals surface area contributed by atoms with Crippen molar-refractivity contribution in [3.05, 3.63) is 17.8 Å². The number of methoxy groups -OCH3 is 2. The van der Waals surface area contributed by atoms with Gasteiger partial charge in [0.15, 0.2) is 0 Å². The van der Waals surface area contributed by atoms with Crippen LogP contribution in [0.3, 0.4) is 0 Å². The molecule has 5 heteroatoms. The zero-order valence-corrected chi connectivity index (χ0v) is 8.69. The van der Waals surface area contributed by atoms with Crippen molar-refractivity contribution in [2.24, 2.45) is 0 Å². The SMILES string of the molecule is COc1ccnc(OC)c1CCC(=O)O. The third-order valence-electron chi connectivity index (χ3n) is 1.98. The molecule has 1 heterocycles. The fraction of sp³-hybridized carbons (Fsp3) is 0.400. The van der Waals surface area contributed by atoms with Crippen LogP contribution in [-0.4, -0.2) is 30.3 Å². The number of aliphatic carboxylic acids is 1. The molecule has 0 radical (unpaired) electrons. The first-order valence-corrected chi connectivity index (χ1v) is 4.46. The van der Waals surface area contributed by atoms with Crippen molar-refractivity contribution in [3.8, 4) is 11.6 Å². The number of hydrogen-bond acceptors (Lipinski definition) is 4. The molecule has 15 heavy (non-hydrogen) atoms. The molecule has 1 N–H and O–H groups in total. The van der Waals surface area contributed by atoms with Gasteiger partial charge in [-0.1, -0.05) is 0 Å². The summed E-state index contributed by atoms with van der Waals surface area (Å²) < 4.78 is 10.1. The molecule has 0 aliphatic heterocycles. The van der Waals surface area contributed by atoms with Crippen LogP contribution in [0.2, 0.25) is 0 Å². The molecule has 0 bridgehead atoms. The molecule has 0 aliphatic rings. The predicted octanol–water partition coefficient (Wildman–Crippen LogP) is 1.12. The Hall–Kier alpha value is -1.78.